The minimum absolute atomic E-state index is 0.0615. The van der Waals surface area contributed by atoms with Crippen LogP contribution in [0.3, 0.4) is 0 Å². The molecule has 0 unspecified atom stereocenters. The highest BCUT2D eigenvalue weighted by atomic mass is 32.2. The summed E-state index contributed by atoms with van der Waals surface area (Å²) in [7, 11) is -0.312. The number of ether oxygens (including phenoxy) is 2. The molecule has 2 rings (SSSR count). The van der Waals surface area contributed by atoms with Gasteiger partial charge < -0.3 is 14.8 Å². The van der Waals surface area contributed by atoms with Gasteiger partial charge in [0.2, 0.25) is 5.75 Å². The molecule has 0 atom stereocenters. The van der Waals surface area contributed by atoms with Crippen molar-refractivity contribution in [3.05, 3.63) is 42.2 Å². The highest BCUT2D eigenvalue weighted by molar-refractivity contribution is 7.90. The maximum Gasteiger partial charge on any atom is 0.204 e. The smallest absolute Gasteiger partial charge is 0.204 e. The number of halogens is 1. The lowest BCUT2D eigenvalue weighted by molar-refractivity contribution is 0.364. The van der Waals surface area contributed by atoms with Crippen LogP contribution >= 0.6 is 0 Å². The van der Waals surface area contributed by atoms with E-state index in [0.717, 1.165) is 6.26 Å². The van der Waals surface area contributed by atoms with Crippen LogP contribution < -0.4 is 14.8 Å². The number of methoxy groups -OCH3 is 1. The standard InChI is InChI=1S/C15H16FNO4S/c1-17-12-9-10(22(3,18)19)7-8-13(12)21-15-11(16)5-4-6-14(15)20-2/h4-9,17H,1-3H3. The second-order valence-electron chi connectivity index (χ2n) is 4.55. The molecule has 7 heteroatoms. The van der Waals surface area contributed by atoms with E-state index >= 15 is 0 Å². The van der Waals surface area contributed by atoms with Gasteiger partial charge in [-0.15, -0.1) is 0 Å². The fourth-order valence-electron chi connectivity index (χ4n) is 1.88. The van der Waals surface area contributed by atoms with Crippen molar-refractivity contribution in [3.63, 3.8) is 0 Å². The van der Waals surface area contributed by atoms with Gasteiger partial charge in [-0.1, -0.05) is 6.07 Å². The summed E-state index contributed by atoms with van der Waals surface area (Å²) in [6.45, 7) is 0. The Kier molecular flexibility index (Phi) is 4.56. The van der Waals surface area contributed by atoms with Crippen molar-refractivity contribution in [3.8, 4) is 17.2 Å². The van der Waals surface area contributed by atoms with Crippen molar-refractivity contribution >= 4 is 15.5 Å². The van der Waals surface area contributed by atoms with E-state index in [2.05, 4.69) is 5.32 Å². The molecule has 0 heterocycles. The average Bonchev–Trinajstić information content (AvgIpc) is 2.48. The highest BCUT2D eigenvalue weighted by Gasteiger charge is 2.16. The van der Waals surface area contributed by atoms with Crippen molar-refractivity contribution in [2.45, 2.75) is 4.90 Å². The van der Waals surface area contributed by atoms with Gasteiger partial charge in [0, 0.05) is 13.3 Å². The molecule has 118 valence electrons. The zero-order valence-electron chi connectivity index (χ0n) is 12.4. The first kappa shape index (κ1) is 16.1. The van der Waals surface area contributed by atoms with Gasteiger partial charge in [-0.2, -0.15) is 0 Å². The SMILES string of the molecule is CNc1cc(S(C)(=O)=O)ccc1Oc1c(F)cccc1OC. The minimum atomic E-state index is -3.34. The zero-order valence-corrected chi connectivity index (χ0v) is 13.2. The molecule has 0 aliphatic carbocycles. The van der Waals surface area contributed by atoms with E-state index in [1.54, 1.807) is 13.1 Å². The molecule has 0 aliphatic rings. The Bertz CT molecular complexity index is 790. The van der Waals surface area contributed by atoms with Gasteiger partial charge in [-0.05, 0) is 30.3 Å². The van der Waals surface area contributed by atoms with Crippen molar-refractivity contribution in [2.24, 2.45) is 0 Å². The van der Waals surface area contributed by atoms with Crippen LogP contribution in [0.15, 0.2) is 41.3 Å². The Morgan fingerprint density at radius 2 is 1.86 bits per heavy atom. The number of benzene rings is 2. The summed E-state index contributed by atoms with van der Waals surface area (Å²) in [6.07, 6.45) is 1.11. The van der Waals surface area contributed by atoms with E-state index in [4.69, 9.17) is 9.47 Å². The maximum absolute atomic E-state index is 13.9. The molecule has 0 amide bonds. The van der Waals surface area contributed by atoms with Gasteiger partial charge in [0.25, 0.3) is 0 Å². The third kappa shape index (κ3) is 3.30. The van der Waals surface area contributed by atoms with Crippen LogP contribution in [-0.2, 0) is 9.84 Å². The summed E-state index contributed by atoms with van der Waals surface area (Å²) in [4.78, 5) is 0.143. The minimum Gasteiger partial charge on any atom is -0.493 e. The average molecular weight is 325 g/mol. The lowest BCUT2D eigenvalue weighted by Gasteiger charge is -2.14. The van der Waals surface area contributed by atoms with Crippen LogP contribution in [0.2, 0.25) is 0 Å². The largest absolute Gasteiger partial charge is 0.493 e. The van der Waals surface area contributed by atoms with E-state index in [9.17, 15) is 12.8 Å². The second kappa shape index (κ2) is 6.23. The molecule has 2 aromatic carbocycles. The number of sulfone groups is 1. The van der Waals surface area contributed by atoms with Crippen LogP contribution in [0.1, 0.15) is 0 Å². The van der Waals surface area contributed by atoms with Crippen molar-refractivity contribution < 1.29 is 22.3 Å². The molecule has 1 N–H and O–H groups in total. The Morgan fingerprint density at radius 1 is 1.14 bits per heavy atom. The summed E-state index contributed by atoms with van der Waals surface area (Å²) in [5.74, 6) is -0.102. The van der Waals surface area contributed by atoms with Gasteiger partial charge in [-0.25, -0.2) is 12.8 Å². The Labute approximate surface area is 128 Å². The fourth-order valence-corrected chi connectivity index (χ4v) is 2.53. The van der Waals surface area contributed by atoms with Gasteiger partial charge >= 0.3 is 0 Å². The van der Waals surface area contributed by atoms with E-state index in [1.165, 1.54) is 37.4 Å². The van der Waals surface area contributed by atoms with Crippen LogP contribution in [0.4, 0.5) is 10.1 Å². The molecular formula is C15H16FNO4S. The van der Waals surface area contributed by atoms with Crippen LogP contribution in [0.25, 0.3) is 0 Å². The van der Waals surface area contributed by atoms with Crippen LogP contribution in [-0.4, -0.2) is 28.8 Å². The number of rotatable bonds is 5. The first-order valence-corrected chi connectivity index (χ1v) is 8.28. The summed E-state index contributed by atoms with van der Waals surface area (Å²) < 4.78 is 47.7. The van der Waals surface area contributed by atoms with E-state index in [1.807, 2.05) is 0 Å². The van der Waals surface area contributed by atoms with Gasteiger partial charge in [0.05, 0.1) is 17.7 Å². The molecular weight excluding hydrogens is 309 g/mol. The molecule has 0 fully saturated rings. The Hall–Kier alpha value is -2.28. The number of anilines is 1. The van der Waals surface area contributed by atoms with Gasteiger partial charge in [0.15, 0.2) is 27.2 Å². The normalized spacial score (nSPS) is 11.1. The van der Waals surface area contributed by atoms with E-state index in [0.29, 0.717) is 11.4 Å². The second-order valence-corrected chi connectivity index (χ2v) is 6.57. The molecule has 0 radical (unpaired) electrons. The number of hydrogen-bond acceptors (Lipinski definition) is 5. The van der Waals surface area contributed by atoms with Crippen molar-refractivity contribution in [1.82, 2.24) is 0 Å². The molecule has 22 heavy (non-hydrogen) atoms. The first-order valence-electron chi connectivity index (χ1n) is 6.39. The lowest BCUT2D eigenvalue weighted by atomic mass is 10.2. The predicted octanol–water partition coefficient (Wildman–Crippen LogP) is 3.07. The van der Waals surface area contributed by atoms with Crippen molar-refractivity contribution in [2.75, 3.05) is 25.7 Å². The molecule has 0 saturated carbocycles. The summed E-state index contributed by atoms with van der Waals surface area (Å²) in [5, 5.41) is 2.83. The van der Waals surface area contributed by atoms with Crippen LogP contribution in [0.5, 0.6) is 17.2 Å². The molecule has 5 nitrogen and oxygen atoms in total. The van der Waals surface area contributed by atoms with Crippen molar-refractivity contribution in [1.29, 1.82) is 0 Å². The van der Waals surface area contributed by atoms with Gasteiger partial charge in [0.1, 0.15) is 0 Å². The molecule has 0 saturated heterocycles. The van der Waals surface area contributed by atoms with E-state index < -0.39 is 15.7 Å². The molecule has 0 aromatic heterocycles. The molecule has 0 spiro atoms. The number of hydrogen-bond donors (Lipinski definition) is 1. The third-order valence-corrected chi connectivity index (χ3v) is 4.12. The van der Waals surface area contributed by atoms with Crippen LogP contribution in [0, 0.1) is 5.82 Å². The van der Waals surface area contributed by atoms with Gasteiger partial charge in [-0.3, -0.25) is 0 Å². The summed E-state index contributed by atoms with van der Waals surface area (Å²) in [6, 6.07) is 8.63. The zero-order chi connectivity index (χ0) is 16.3. The first-order chi connectivity index (χ1) is 10.4. The molecule has 0 bridgehead atoms. The highest BCUT2D eigenvalue weighted by Crippen LogP contribution is 2.37. The number of nitrogens with one attached hydrogen (secondary N) is 1. The third-order valence-electron chi connectivity index (χ3n) is 3.01. The Morgan fingerprint density at radius 3 is 2.45 bits per heavy atom. The van der Waals surface area contributed by atoms with E-state index in [-0.39, 0.29) is 16.4 Å². The molecule has 2 aromatic rings. The topological polar surface area (TPSA) is 64.6 Å². The Balaban J connectivity index is 2.47. The quantitative estimate of drug-likeness (QED) is 0.915. The monoisotopic (exact) mass is 325 g/mol. The fraction of sp³-hybridized carbons (Fsp3) is 0.200. The summed E-state index contributed by atoms with van der Waals surface area (Å²) >= 11 is 0. The number of para-hydroxylation sites is 1. The lowest BCUT2D eigenvalue weighted by Crippen LogP contribution is -2.01. The predicted molar refractivity (Wildman–Crippen MR) is 82.1 cm³/mol. The maximum atomic E-state index is 13.9. The summed E-state index contributed by atoms with van der Waals surface area (Å²) in [5.41, 5.74) is 0.424. The molecule has 0 aliphatic heterocycles.